The van der Waals surface area contributed by atoms with Crippen molar-refractivity contribution in [3.63, 3.8) is 0 Å². The molecule has 3 rings (SSSR count). The van der Waals surface area contributed by atoms with Gasteiger partial charge in [0, 0.05) is 19.1 Å². The quantitative estimate of drug-likeness (QED) is 0.830. The van der Waals surface area contributed by atoms with E-state index in [1.165, 1.54) is 51.4 Å². The third-order valence-electron chi connectivity index (χ3n) is 5.58. The van der Waals surface area contributed by atoms with E-state index in [0.717, 1.165) is 25.3 Å². The first-order chi connectivity index (χ1) is 9.25. The fourth-order valence-electron chi connectivity index (χ4n) is 3.85. The van der Waals surface area contributed by atoms with Gasteiger partial charge in [-0.15, -0.1) is 0 Å². The van der Waals surface area contributed by atoms with Crippen LogP contribution in [0.1, 0.15) is 64.2 Å². The summed E-state index contributed by atoms with van der Waals surface area (Å²) in [6.07, 6.45) is 12.4. The molecule has 0 unspecified atom stereocenters. The highest BCUT2D eigenvalue weighted by Crippen LogP contribution is 2.44. The molecule has 0 aromatic heterocycles. The number of hydrogen-bond acceptors (Lipinski definition) is 2. The minimum absolute atomic E-state index is 0.169. The Hall–Kier alpha value is -0.570. The van der Waals surface area contributed by atoms with E-state index in [0.29, 0.717) is 18.5 Å². The molecule has 0 heterocycles. The highest BCUT2D eigenvalue weighted by molar-refractivity contribution is 5.84. The lowest BCUT2D eigenvalue weighted by Gasteiger charge is -2.44. The molecule has 0 radical (unpaired) electrons. The standard InChI is InChI=1S/C16H28N2O/c17-12-16(9-4-10-16)15(19)18(14-7-8-14)11-13-5-2-1-3-6-13/h13-14H,1-12,17H2. The molecule has 3 fully saturated rings. The van der Waals surface area contributed by atoms with E-state index >= 15 is 0 Å². The molecule has 3 aliphatic carbocycles. The molecule has 3 heteroatoms. The molecule has 0 bridgehead atoms. The van der Waals surface area contributed by atoms with Gasteiger partial charge in [0.25, 0.3) is 0 Å². The molecule has 0 aliphatic heterocycles. The second kappa shape index (κ2) is 5.43. The van der Waals surface area contributed by atoms with E-state index in [2.05, 4.69) is 4.90 Å². The van der Waals surface area contributed by atoms with Crippen molar-refractivity contribution < 1.29 is 4.79 Å². The van der Waals surface area contributed by atoms with E-state index < -0.39 is 0 Å². The summed E-state index contributed by atoms with van der Waals surface area (Å²) in [4.78, 5) is 15.1. The highest BCUT2D eigenvalue weighted by atomic mass is 16.2. The molecule has 3 nitrogen and oxygen atoms in total. The average Bonchev–Trinajstić information content (AvgIpc) is 3.21. The fraction of sp³-hybridized carbons (Fsp3) is 0.938. The first-order valence-electron chi connectivity index (χ1n) is 8.26. The van der Waals surface area contributed by atoms with Crippen molar-refractivity contribution in [3.05, 3.63) is 0 Å². The van der Waals surface area contributed by atoms with Gasteiger partial charge in [0.15, 0.2) is 0 Å². The Balaban J connectivity index is 1.64. The lowest BCUT2D eigenvalue weighted by atomic mass is 9.67. The maximum atomic E-state index is 12.9. The predicted molar refractivity (Wildman–Crippen MR) is 76.6 cm³/mol. The Morgan fingerprint density at radius 1 is 1.05 bits per heavy atom. The van der Waals surface area contributed by atoms with Crippen LogP contribution in [-0.2, 0) is 4.79 Å². The van der Waals surface area contributed by atoms with Crippen molar-refractivity contribution in [2.24, 2.45) is 17.1 Å². The van der Waals surface area contributed by atoms with Gasteiger partial charge >= 0.3 is 0 Å². The average molecular weight is 264 g/mol. The Labute approximate surface area is 116 Å². The number of rotatable bonds is 5. The summed E-state index contributed by atoms with van der Waals surface area (Å²) in [7, 11) is 0. The van der Waals surface area contributed by atoms with Crippen LogP contribution >= 0.6 is 0 Å². The van der Waals surface area contributed by atoms with Crippen LogP contribution in [0.4, 0.5) is 0 Å². The zero-order valence-electron chi connectivity index (χ0n) is 12.1. The molecule has 19 heavy (non-hydrogen) atoms. The summed E-state index contributed by atoms with van der Waals surface area (Å²) in [6.45, 7) is 1.57. The van der Waals surface area contributed by atoms with Crippen LogP contribution in [0.3, 0.4) is 0 Å². The minimum Gasteiger partial charge on any atom is -0.339 e. The topological polar surface area (TPSA) is 46.3 Å². The first-order valence-corrected chi connectivity index (χ1v) is 8.26. The molecule has 2 N–H and O–H groups in total. The smallest absolute Gasteiger partial charge is 0.230 e. The summed E-state index contributed by atoms with van der Waals surface area (Å²) >= 11 is 0. The zero-order chi connectivity index (χ0) is 13.3. The van der Waals surface area contributed by atoms with E-state index in [4.69, 9.17) is 5.73 Å². The summed E-state index contributed by atoms with van der Waals surface area (Å²) in [6, 6.07) is 0.554. The molecule has 0 aromatic carbocycles. The van der Waals surface area contributed by atoms with Gasteiger partial charge in [-0.25, -0.2) is 0 Å². The Kier molecular flexibility index (Phi) is 3.84. The number of hydrogen-bond donors (Lipinski definition) is 1. The molecular weight excluding hydrogens is 236 g/mol. The van der Waals surface area contributed by atoms with Crippen LogP contribution in [0.25, 0.3) is 0 Å². The summed E-state index contributed by atoms with van der Waals surface area (Å²) < 4.78 is 0. The number of nitrogens with two attached hydrogens (primary N) is 1. The summed E-state index contributed by atoms with van der Waals surface area (Å²) in [5, 5.41) is 0. The second-order valence-corrected chi connectivity index (χ2v) is 7.03. The van der Waals surface area contributed by atoms with Crippen LogP contribution in [0, 0.1) is 11.3 Å². The monoisotopic (exact) mass is 264 g/mol. The number of nitrogens with zero attached hydrogens (tertiary/aromatic N) is 1. The Morgan fingerprint density at radius 2 is 1.74 bits per heavy atom. The molecule has 108 valence electrons. The van der Waals surface area contributed by atoms with Crippen LogP contribution in [0.2, 0.25) is 0 Å². The van der Waals surface area contributed by atoms with Crippen LogP contribution in [-0.4, -0.2) is 29.9 Å². The minimum atomic E-state index is -0.169. The van der Waals surface area contributed by atoms with Gasteiger partial charge in [-0.3, -0.25) is 4.79 Å². The lowest BCUT2D eigenvalue weighted by molar-refractivity contribution is -0.148. The van der Waals surface area contributed by atoms with Crippen molar-refractivity contribution in [3.8, 4) is 0 Å². The molecule has 3 aliphatic rings. The molecule has 0 aromatic rings. The molecule has 0 spiro atoms. The van der Waals surface area contributed by atoms with Gasteiger partial charge in [-0.05, 0) is 44.4 Å². The summed E-state index contributed by atoms with van der Waals surface area (Å²) in [5.41, 5.74) is 5.74. The van der Waals surface area contributed by atoms with Crippen molar-refractivity contribution >= 4 is 5.91 Å². The van der Waals surface area contributed by atoms with Crippen LogP contribution < -0.4 is 5.73 Å². The number of amides is 1. The van der Waals surface area contributed by atoms with Gasteiger partial charge in [0.1, 0.15) is 0 Å². The molecule has 1 amide bonds. The Bertz CT molecular complexity index is 322. The predicted octanol–water partition coefficient (Wildman–Crippen LogP) is 2.69. The van der Waals surface area contributed by atoms with Crippen LogP contribution in [0.15, 0.2) is 0 Å². The zero-order valence-corrected chi connectivity index (χ0v) is 12.1. The van der Waals surface area contributed by atoms with Gasteiger partial charge in [0.05, 0.1) is 5.41 Å². The maximum Gasteiger partial charge on any atom is 0.230 e. The SMILES string of the molecule is NCC1(C(=O)N(CC2CCCCC2)C2CC2)CCC1. The van der Waals surface area contributed by atoms with Gasteiger partial charge in [-0.1, -0.05) is 25.7 Å². The maximum absolute atomic E-state index is 12.9. The molecule has 0 saturated heterocycles. The largest absolute Gasteiger partial charge is 0.339 e. The fourth-order valence-corrected chi connectivity index (χ4v) is 3.85. The van der Waals surface area contributed by atoms with E-state index in [-0.39, 0.29) is 5.41 Å². The molecular formula is C16H28N2O. The highest BCUT2D eigenvalue weighted by Gasteiger charge is 2.48. The number of carbonyl (C=O) groups is 1. The summed E-state index contributed by atoms with van der Waals surface area (Å²) in [5.74, 6) is 1.16. The third-order valence-corrected chi connectivity index (χ3v) is 5.58. The van der Waals surface area contributed by atoms with Gasteiger partial charge in [0.2, 0.25) is 5.91 Å². The molecule has 3 saturated carbocycles. The normalized spacial score (nSPS) is 26.8. The van der Waals surface area contributed by atoms with Gasteiger partial charge in [-0.2, -0.15) is 0 Å². The second-order valence-electron chi connectivity index (χ2n) is 7.03. The van der Waals surface area contributed by atoms with E-state index in [1.807, 2.05) is 0 Å². The van der Waals surface area contributed by atoms with Crippen LogP contribution in [0.5, 0.6) is 0 Å². The first kappa shape index (κ1) is 13.4. The lowest BCUT2D eigenvalue weighted by Crippen LogP contribution is -2.53. The van der Waals surface area contributed by atoms with E-state index in [1.54, 1.807) is 0 Å². The van der Waals surface area contributed by atoms with E-state index in [9.17, 15) is 4.79 Å². The van der Waals surface area contributed by atoms with Crippen molar-refractivity contribution in [2.45, 2.75) is 70.3 Å². The van der Waals surface area contributed by atoms with Crippen molar-refractivity contribution in [2.75, 3.05) is 13.1 Å². The van der Waals surface area contributed by atoms with Crippen molar-refractivity contribution in [1.29, 1.82) is 0 Å². The third kappa shape index (κ3) is 2.67. The Morgan fingerprint density at radius 3 is 2.21 bits per heavy atom. The van der Waals surface area contributed by atoms with Gasteiger partial charge < -0.3 is 10.6 Å². The van der Waals surface area contributed by atoms with Crippen molar-refractivity contribution in [1.82, 2.24) is 4.90 Å². The molecule has 0 atom stereocenters. The number of carbonyl (C=O) groups excluding carboxylic acids is 1.